The molecule has 1 fully saturated rings. The summed E-state index contributed by atoms with van der Waals surface area (Å²) in [7, 11) is 0. The summed E-state index contributed by atoms with van der Waals surface area (Å²) in [5, 5.41) is 1.61. The van der Waals surface area contributed by atoms with Gasteiger partial charge in [0.05, 0.1) is 0 Å². The van der Waals surface area contributed by atoms with E-state index >= 15 is 0 Å². The van der Waals surface area contributed by atoms with Crippen molar-refractivity contribution < 1.29 is 9.59 Å². The Labute approximate surface area is 222 Å². The summed E-state index contributed by atoms with van der Waals surface area (Å²) in [4.78, 5) is 35.0. The zero-order valence-corrected chi connectivity index (χ0v) is 22.1. The molecule has 3 aliphatic rings. The number of Topliss-reactive ketones (excluding diaryl/α,β-unsaturated/α-hetero) is 2. The van der Waals surface area contributed by atoms with E-state index in [4.69, 9.17) is 4.98 Å². The van der Waals surface area contributed by atoms with Gasteiger partial charge in [0, 0.05) is 0 Å². The maximum atomic E-state index is 12.9. The minimum atomic E-state index is -0.850. The van der Waals surface area contributed by atoms with Gasteiger partial charge in [-0.05, 0) is 0 Å². The molecule has 4 aromatic rings. The van der Waals surface area contributed by atoms with Gasteiger partial charge in [0.15, 0.2) is 0 Å². The first kappa shape index (κ1) is 21.9. The van der Waals surface area contributed by atoms with E-state index in [1.807, 2.05) is 48.0 Å². The Hall–Kier alpha value is -3.37. The Balaban J connectivity index is 1.33. The van der Waals surface area contributed by atoms with Gasteiger partial charge in [-0.2, -0.15) is 0 Å². The number of ketones is 2. The number of rotatable bonds is 3. The minimum absolute atomic E-state index is 0.0318. The molecule has 0 radical (unpaired) electrons. The Morgan fingerprint density at radius 3 is 2.36 bits per heavy atom. The quantitative estimate of drug-likeness (QED) is 0.140. The molecule has 36 heavy (non-hydrogen) atoms. The number of hydrogen-bond donors (Lipinski definition) is 0. The van der Waals surface area contributed by atoms with Crippen LogP contribution in [0.25, 0.3) is 6.08 Å². The summed E-state index contributed by atoms with van der Waals surface area (Å²) in [5.41, 5.74) is 4.61. The molecule has 4 heterocycles. The Morgan fingerprint density at radius 1 is 0.806 bits per heavy atom. The van der Waals surface area contributed by atoms with Crippen LogP contribution < -0.4 is 9.80 Å². The number of thioether (sulfide) groups is 1. The van der Waals surface area contributed by atoms with Crippen LogP contribution >= 0.6 is 11.8 Å². The standard InChI is InChI=1S/C29H19N3O2STe/c33-26-20-14-16-35-28(20)27(34)21(26)17-19-12-13-25(36-19)32-23-10-5-4-9-22(23)31(18-7-2-1-3-8-18)24-11-6-15-30-29(24)32/h1-17,20,28H/b21-17+. The number of pyridine rings is 1. The third kappa shape index (κ3) is 3.35. The number of carbonyl (C=O) groups is 2. The summed E-state index contributed by atoms with van der Waals surface area (Å²) < 4.78 is 2.27. The van der Waals surface area contributed by atoms with Crippen molar-refractivity contribution in [1.29, 1.82) is 0 Å². The summed E-state index contributed by atoms with van der Waals surface area (Å²) in [6.45, 7) is 0. The van der Waals surface area contributed by atoms with Gasteiger partial charge in [-0.3, -0.25) is 0 Å². The van der Waals surface area contributed by atoms with Crippen LogP contribution in [0, 0.1) is 5.92 Å². The molecule has 2 aliphatic heterocycles. The molecule has 0 N–H and O–H groups in total. The number of allylic oxidation sites excluding steroid dienone is 2. The molecule has 2 unspecified atom stereocenters. The molecule has 1 saturated carbocycles. The molecule has 5 nitrogen and oxygen atoms in total. The van der Waals surface area contributed by atoms with E-state index in [0.29, 0.717) is 5.57 Å². The first-order valence-corrected chi connectivity index (χ1v) is 14.9. The Kier molecular flexibility index (Phi) is 5.25. The van der Waals surface area contributed by atoms with Crippen LogP contribution in [0.5, 0.6) is 0 Å². The van der Waals surface area contributed by atoms with Crippen LogP contribution in [0.15, 0.2) is 102 Å². The average Bonchev–Trinajstić information content (AvgIpc) is 3.64. The molecule has 2 aromatic heterocycles. The van der Waals surface area contributed by atoms with Gasteiger partial charge < -0.3 is 0 Å². The third-order valence-corrected chi connectivity index (χ3v) is 10.7. The molecule has 174 valence electrons. The van der Waals surface area contributed by atoms with Crippen molar-refractivity contribution in [2.75, 3.05) is 9.80 Å². The van der Waals surface area contributed by atoms with Crippen molar-refractivity contribution in [3.05, 3.63) is 106 Å². The molecule has 1 aliphatic carbocycles. The van der Waals surface area contributed by atoms with Gasteiger partial charge in [0.2, 0.25) is 0 Å². The van der Waals surface area contributed by atoms with Crippen molar-refractivity contribution in [1.82, 2.24) is 4.98 Å². The fraction of sp³-hybridized carbons (Fsp3) is 0.0690. The van der Waals surface area contributed by atoms with Crippen LogP contribution in [-0.2, 0) is 9.59 Å². The maximum absolute atomic E-state index is 12.9. The summed E-state index contributed by atoms with van der Waals surface area (Å²) in [6, 6.07) is 27.0. The monoisotopic (exact) mass is 603 g/mol. The fourth-order valence-electron chi connectivity index (χ4n) is 5.03. The van der Waals surface area contributed by atoms with Crippen molar-refractivity contribution in [2.45, 2.75) is 5.25 Å². The van der Waals surface area contributed by atoms with Gasteiger partial charge >= 0.3 is 223 Å². The molecule has 2 aromatic carbocycles. The van der Waals surface area contributed by atoms with Crippen LogP contribution in [0.3, 0.4) is 0 Å². The normalized spacial score (nSPS) is 21.2. The van der Waals surface area contributed by atoms with Gasteiger partial charge in [0.25, 0.3) is 0 Å². The summed E-state index contributed by atoms with van der Waals surface area (Å²) in [6.07, 6.45) is 5.55. The predicted molar refractivity (Wildman–Crippen MR) is 146 cm³/mol. The van der Waals surface area contributed by atoms with E-state index in [2.05, 4.69) is 64.4 Å². The van der Waals surface area contributed by atoms with Crippen LogP contribution in [0.1, 0.15) is 3.58 Å². The number of aromatic nitrogens is 1. The van der Waals surface area contributed by atoms with Crippen LogP contribution in [-0.4, -0.2) is 42.2 Å². The fourth-order valence-corrected chi connectivity index (χ4v) is 8.85. The van der Waals surface area contributed by atoms with E-state index < -0.39 is 20.4 Å². The van der Waals surface area contributed by atoms with Gasteiger partial charge in [-0.25, -0.2) is 0 Å². The second kappa shape index (κ2) is 8.63. The SMILES string of the molecule is O=C1/C(=C\c2ccc(N3c4ccccc4N(c4ccccc4)c4cccnc43)[te]2)C(=O)C2SC=CC12. The first-order valence-electron chi connectivity index (χ1n) is 11.6. The Morgan fingerprint density at radius 2 is 1.56 bits per heavy atom. The average molecular weight is 601 g/mol. The van der Waals surface area contributed by atoms with Crippen LogP contribution in [0.2, 0.25) is 0 Å². The molecule has 7 rings (SSSR count). The zero-order valence-electron chi connectivity index (χ0n) is 18.9. The summed E-state index contributed by atoms with van der Waals surface area (Å²) >= 11 is 0.608. The van der Waals surface area contributed by atoms with Crippen molar-refractivity contribution in [3.8, 4) is 0 Å². The van der Waals surface area contributed by atoms with E-state index in [-0.39, 0.29) is 22.7 Å². The number of carbonyl (C=O) groups excluding carboxylic acids is 2. The van der Waals surface area contributed by atoms with Crippen molar-refractivity contribution >= 4 is 82.1 Å². The number of hydrogen-bond acceptors (Lipinski definition) is 6. The second-order valence-electron chi connectivity index (χ2n) is 8.71. The van der Waals surface area contributed by atoms with Crippen molar-refractivity contribution in [2.24, 2.45) is 5.92 Å². The number of nitrogens with zero attached hydrogens (tertiary/aromatic N) is 3. The molecular weight excluding hydrogens is 582 g/mol. The van der Waals surface area contributed by atoms with Gasteiger partial charge in [0.1, 0.15) is 0 Å². The van der Waals surface area contributed by atoms with Gasteiger partial charge in [-0.15, -0.1) is 0 Å². The topological polar surface area (TPSA) is 53.5 Å². The van der Waals surface area contributed by atoms with Crippen molar-refractivity contribution in [3.63, 3.8) is 0 Å². The molecular formula is C29H19N3O2STe. The number of anilines is 6. The van der Waals surface area contributed by atoms with Gasteiger partial charge in [-0.1, -0.05) is 0 Å². The number of fused-ring (bicyclic) bond motifs is 3. The molecule has 2 atom stereocenters. The zero-order chi connectivity index (χ0) is 24.2. The molecule has 0 saturated heterocycles. The van der Waals surface area contributed by atoms with E-state index in [1.165, 1.54) is 15.5 Å². The molecule has 0 amide bonds. The molecule has 0 spiro atoms. The number of benzene rings is 2. The molecule has 0 bridgehead atoms. The van der Waals surface area contributed by atoms with Crippen LogP contribution in [0.4, 0.5) is 32.3 Å². The number of para-hydroxylation sites is 3. The first-order chi connectivity index (χ1) is 17.7. The van der Waals surface area contributed by atoms with E-state index in [0.717, 1.165) is 32.1 Å². The molecule has 7 heteroatoms. The predicted octanol–water partition coefficient (Wildman–Crippen LogP) is 6.17. The van der Waals surface area contributed by atoms with E-state index in [1.54, 1.807) is 0 Å². The van der Waals surface area contributed by atoms with E-state index in [9.17, 15) is 9.59 Å². The Bertz CT molecular complexity index is 1550. The summed E-state index contributed by atoms with van der Waals surface area (Å²) in [5.74, 6) is 0.512. The third-order valence-electron chi connectivity index (χ3n) is 6.65. The second-order valence-corrected chi connectivity index (χ2v) is 12.9.